The van der Waals surface area contributed by atoms with E-state index in [0.29, 0.717) is 32.2 Å². The first-order chi connectivity index (χ1) is 14.1. The average molecular weight is 412 g/mol. The quantitative estimate of drug-likeness (QED) is 0.420. The number of hydrogen-bond acceptors (Lipinski definition) is 6. The normalized spacial score (nSPS) is 12.0. The molecule has 0 spiro atoms. The highest BCUT2D eigenvalue weighted by Gasteiger charge is 2.24. The fraction of sp³-hybridized carbons (Fsp3) is 0.762. The number of nitrogens with zero attached hydrogens (tertiary/aromatic N) is 2. The first-order valence-corrected chi connectivity index (χ1v) is 10.6. The summed E-state index contributed by atoms with van der Waals surface area (Å²) < 4.78 is 15.6. The van der Waals surface area contributed by atoms with Crippen LogP contribution in [0.4, 0.5) is 0 Å². The largest absolute Gasteiger partial charge is 0.446 e. The lowest BCUT2D eigenvalue weighted by Crippen LogP contribution is -2.37. The molecule has 1 unspecified atom stereocenters. The van der Waals surface area contributed by atoms with Gasteiger partial charge in [0.1, 0.15) is 6.26 Å². The molecule has 1 N–H and O–H groups in total. The zero-order valence-corrected chi connectivity index (χ0v) is 18.4. The Bertz CT molecular complexity index is 591. The summed E-state index contributed by atoms with van der Waals surface area (Å²) in [5.41, 5.74) is 0.222. The number of amides is 2. The number of oxazole rings is 1. The van der Waals surface area contributed by atoms with E-state index >= 15 is 0 Å². The minimum absolute atomic E-state index is 0.00369. The van der Waals surface area contributed by atoms with Gasteiger partial charge in [0, 0.05) is 46.4 Å². The summed E-state index contributed by atoms with van der Waals surface area (Å²) in [4.78, 5) is 31.2. The Morgan fingerprint density at radius 2 is 1.90 bits per heavy atom. The maximum Gasteiger partial charge on any atom is 0.273 e. The van der Waals surface area contributed by atoms with Crippen LogP contribution in [0, 0.1) is 5.92 Å². The molecule has 0 saturated heterocycles. The number of nitrogens with one attached hydrogen (secondary N) is 1. The highest BCUT2D eigenvalue weighted by atomic mass is 16.5. The van der Waals surface area contributed by atoms with Crippen LogP contribution in [0.5, 0.6) is 0 Å². The molecule has 0 fully saturated rings. The van der Waals surface area contributed by atoms with Gasteiger partial charge in [-0.25, -0.2) is 4.98 Å². The number of carbonyl (C=O) groups excluding carboxylic acids is 2. The van der Waals surface area contributed by atoms with Crippen LogP contribution in [0.2, 0.25) is 0 Å². The van der Waals surface area contributed by atoms with Crippen molar-refractivity contribution in [1.29, 1.82) is 0 Å². The molecular formula is C21H37N3O5. The number of aromatic nitrogens is 1. The fourth-order valence-corrected chi connectivity index (χ4v) is 3.04. The summed E-state index contributed by atoms with van der Waals surface area (Å²) in [6.45, 7) is 6.66. The van der Waals surface area contributed by atoms with Crippen molar-refractivity contribution in [3.8, 4) is 0 Å². The second-order valence-corrected chi connectivity index (χ2v) is 7.08. The molecule has 0 radical (unpaired) electrons. The van der Waals surface area contributed by atoms with E-state index in [2.05, 4.69) is 17.2 Å². The van der Waals surface area contributed by atoms with Gasteiger partial charge in [0.15, 0.2) is 5.69 Å². The standard InChI is InChI=1S/C21H37N3O5/c1-5-7-10-17(6-2)21(26)24(12-9-14-28-4)15-19-23-18(16-29-19)20(25)22-11-8-13-27-3/h16-17H,5-15H2,1-4H3,(H,22,25). The van der Waals surface area contributed by atoms with Crippen LogP contribution in [0.25, 0.3) is 0 Å². The summed E-state index contributed by atoms with van der Waals surface area (Å²) in [7, 11) is 3.27. The number of carbonyl (C=O) groups is 2. The van der Waals surface area contributed by atoms with Crippen molar-refractivity contribution in [1.82, 2.24) is 15.2 Å². The Labute approximate surface area is 174 Å². The molecule has 1 rings (SSSR count). The Kier molecular flexibility index (Phi) is 13.0. The summed E-state index contributed by atoms with van der Waals surface area (Å²) in [6.07, 6.45) is 6.59. The topological polar surface area (TPSA) is 93.9 Å². The van der Waals surface area contributed by atoms with Gasteiger partial charge in [-0.2, -0.15) is 0 Å². The lowest BCUT2D eigenvalue weighted by atomic mass is 9.97. The minimum Gasteiger partial charge on any atom is -0.446 e. The van der Waals surface area contributed by atoms with Crippen molar-refractivity contribution in [2.45, 2.75) is 58.9 Å². The first kappa shape index (κ1) is 25.1. The summed E-state index contributed by atoms with van der Waals surface area (Å²) in [5.74, 6) is 0.183. The van der Waals surface area contributed by atoms with Gasteiger partial charge in [-0.15, -0.1) is 0 Å². The zero-order chi connectivity index (χ0) is 21.5. The smallest absolute Gasteiger partial charge is 0.273 e. The second kappa shape index (κ2) is 15.0. The van der Waals surface area contributed by atoms with E-state index in [4.69, 9.17) is 13.9 Å². The predicted octanol–water partition coefficient (Wildman–Crippen LogP) is 3.02. The molecule has 1 heterocycles. The van der Waals surface area contributed by atoms with E-state index in [9.17, 15) is 9.59 Å². The molecule has 0 saturated carbocycles. The molecule has 1 aromatic rings. The molecule has 0 aliphatic heterocycles. The van der Waals surface area contributed by atoms with Crippen molar-refractivity contribution >= 4 is 11.8 Å². The Morgan fingerprint density at radius 1 is 1.17 bits per heavy atom. The van der Waals surface area contributed by atoms with E-state index in [-0.39, 0.29) is 30.0 Å². The van der Waals surface area contributed by atoms with Gasteiger partial charge in [0.2, 0.25) is 11.8 Å². The second-order valence-electron chi connectivity index (χ2n) is 7.08. The van der Waals surface area contributed by atoms with Gasteiger partial charge in [-0.3, -0.25) is 9.59 Å². The average Bonchev–Trinajstić information content (AvgIpc) is 3.19. The third kappa shape index (κ3) is 9.41. The SMILES string of the molecule is CCCCC(CC)C(=O)N(CCCOC)Cc1nc(C(=O)NCCCOC)co1. The van der Waals surface area contributed by atoms with E-state index in [1.165, 1.54) is 6.26 Å². The molecular weight excluding hydrogens is 374 g/mol. The highest BCUT2D eigenvalue weighted by molar-refractivity contribution is 5.91. The minimum atomic E-state index is -0.289. The lowest BCUT2D eigenvalue weighted by Gasteiger charge is -2.26. The van der Waals surface area contributed by atoms with Crippen LogP contribution in [0.1, 0.15) is 68.8 Å². The maximum absolute atomic E-state index is 13.0. The van der Waals surface area contributed by atoms with Crippen LogP contribution in [0.15, 0.2) is 10.7 Å². The molecule has 2 amide bonds. The van der Waals surface area contributed by atoms with E-state index < -0.39 is 0 Å². The fourth-order valence-electron chi connectivity index (χ4n) is 3.04. The maximum atomic E-state index is 13.0. The lowest BCUT2D eigenvalue weighted by molar-refractivity contribution is -0.137. The summed E-state index contributed by atoms with van der Waals surface area (Å²) in [5, 5.41) is 2.78. The van der Waals surface area contributed by atoms with Crippen LogP contribution < -0.4 is 5.32 Å². The Morgan fingerprint density at radius 3 is 2.55 bits per heavy atom. The van der Waals surface area contributed by atoms with Gasteiger partial charge >= 0.3 is 0 Å². The molecule has 0 aromatic carbocycles. The first-order valence-electron chi connectivity index (χ1n) is 10.6. The highest BCUT2D eigenvalue weighted by Crippen LogP contribution is 2.18. The number of rotatable bonds is 16. The monoisotopic (exact) mass is 411 g/mol. The Balaban J connectivity index is 2.74. The van der Waals surface area contributed by atoms with E-state index in [1.54, 1.807) is 19.1 Å². The third-order valence-electron chi connectivity index (χ3n) is 4.76. The van der Waals surface area contributed by atoms with Gasteiger partial charge in [0.05, 0.1) is 6.54 Å². The number of ether oxygens (including phenoxy) is 2. The molecule has 8 nitrogen and oxygen atoms in total. The molecule has 1 atom stereocenters. The number of methoxy groups -OCH3 is 2. The zero-order valence-electron chi connectivity index (χ0n) is 18.4. The molecule has 0 bridgehead atoms. The van der Waals surface area contributed by atoms with E-state index in [1.807, 2.05) is 6.92 Å². The predicted molar refractivity (Wildman–Crippen MR) is 111 cm³/mol. The van der Waals surface area contributed by atoms with Gasteiger partial charge < -0.3 is 24.1 Å². The number of hydrogen-bond donors (Lipinski definition) is 1. The molecule has 166 valence electrons. The third-order valence-corrected chi connectivity index (χ3v) is 4.76. The Hall–Kier alpha value is -1.93. The van der Waals surface area contributed by atoms with Crippen molar-refractivity contribution in [2.75, 3.05) is 40.5 Å². The molecule has 8 heteroatoms. The summed E-state index contributed by atoms with van der Waals surface area (Å²) in [6, 6.07) is 0. The van der Waals surface area contributed by atoms with Gasteiger partial charge in [-0.05, 0) is 25.7 Å². The molecule has 0 aliphatic rings. The van der Waals surface area contributed by atoms with Crippen molar-refractivity contribution in [3.63, 3.8) is 0 Å². The van der Waals surface area contributed by atoms with Crippen molar-refractivity contribution in [2.24, 2.45) is 5.92 Å². The van der Waals surface area contributed by atoms with Crippen LogP contribution in [0.3, 0.4) is 0 Å². The molecule has 0 aliphatic carbocycles. The van der Waals surface area contributed by atoms with E-state index in [0.717, 1.165) is 38.5 Å². The van der Waals surface area contributed by atoms with Crippen molar-refractivity contribution < 1.29 is 23.5 Å². The summed E-state index contributed by atoms with van der Waals surface area (Å²) >= 11 is 0. The number of unbranched alkanes of at least 4 members (excludes halogenated alkanes) is 1. The van der Waals surface area contributed by atoms with Crippen LogP contribution >= 0.6 is 0 Å². The molecule has 29 heavy (non-hydrogen) atoms. The van der Waals surface area contributed by atoms with Crippen LogP contribution in [-0.2, 0) is 20.8 Å². The van der Waals surface area contributed by atoms with Gasteiger partial charge in [0.25, 0.3) is 5.91 Å². The van der Waals surface area contributed by atoms with Crippen molar-refractivity contribution in [3.05, 3.63) is 17.8 Å². The van der Waals surface area contributed by atoms with Crippen LogP contribution in [-0.4, -0.2) is 62.2 Å². The molecule has 1 aromatic heterocycles. The van der Waals surface area contributed by atoms with Gasteiger partial charge in [-0.1, -0.05) is 26.7 Å².